The molecule has 1 aliphatic heterocycles. The standard InChI is InChI=1S/C25H26ClF3N6O6S/c1-33(2)22-17(26)10-15(12-32-22)35(42(38)39)18-5-7-34(23(18)36)19(24(37)40-3)9-14-8-13-4-6-31-21(30)16(13)11-20(14)41-25(27,28)29/h4,6,8,10-12,18-19,42H,5,7,9H2,1-3H3,(H2,30,31)/t18-,19+/m0/s1. The topological polar surface area (TPSA) is 148 Å². The zero-order chi connectivity index (χ0) is 30.9. The van der Waals surface area contributed by atoms with Crippen LogP contribution in [0, 0.1) is 0 Å². The molecule has 226 valence electrons. The summed E-state index contributed by atoms with van der Waals surface area (Å²) < 4.78 is 74.6. The molecule has 0 aliphatic carbocycles. The number of hydrogen-bond acceptors (Lipinski definition) is 10. The summed E-state index contributed by atoms with van der Waals surface area (Å²) in [5.41, 5.74) is 5.79. The molecule has 1 amide bonds. The molecule has 0 unspecified atom stereocenters. The number of nitrogen functional groups attached to an aromatic ring is 1. The molecule has 1 fully saturated rings. The number of benzene rings is 1. The number of nitrogens with two attached hydrogens (primary N) is 1. The van der Waals surface area contributed by atoms with E-state index in [0.29, 0.717) is 11.2 Å². The molecule has 2 atom stereocenters. The molecule has 42 heavy (non-hydrogen) atoms. The molecule has 3 aromatic rings. The monoisotopic (exact) mass is 630 g/mol. The number of alkyl halides is 3. The van der Waals surface area contributed by atoms with E-state index in [9.17, 15) is 31.2 Å². The van der Waals surface area contributed by atoms with Gasteiger partial charge in [-0.1, -0.05) is 11.6 Å². The Balaban J connectivity index is 1.71. The normalized spacial score (nSPS) is 16.1. The van der Waals surface area contributed by atoms with Crippen LogP contribution in [0.5, 0.6) is 5.75 Å². The zero-order valence-corrected chi connectivity index (χ0v) is 24.1. The van der Waals surface area contributed by atoms with Crippen LogP contribution in [0.25, 0.3) is 10.8 Å². The minimum atomic E-state index is -5.08. The lowest BCUT2D eigenvalue weighted by molar-refractivity contribution is -0.274. The Kier molecular flexibility index (Phi) is 8.87. The fourth-order valence-corrected chi connectivity index (χ4v) is 5.87. The Morgan fingerprint density at radius 1 is 1.26 bits per heavy atom. The predicted octanol–water partition coefficient (Wildman–Crippen LogP) is 2.55. The van der Waals surface area contributed by atoms with Crippen LogP contribution in [0.4, 0.5) is 30.5 Å². The molecular weight excluding hydrogens is 605 g/mol. The molecule has 1 aliphatic rings. The number of thiol groups is 1. The van der Waals surface area contributed by atoms with Crippen LogP contribution in [0.3, 0.4) is 0 Å². The number of rotatable bonds is 9. The van der Waals surface area contributed by atoms with E-state index in [0.717, 1.165) is 22.4 Å². The summed E-state index contributed by atoms with van der Waals surface area (Å²) in [5, 5.41) is 0.745. The van der Waals surface area contributed by atoms with Crippen LogP contribution >= 0.6 is 11.6 Å². The van der Waals surface area contributed by atoms with E-state index in [-0.39, 0.29) is 40.4 Å². The number of esters is 1. The van der Waals surface area contributed by atoms with Crippen LogP contribution < -0.4 is 19.7 Å². The summed E-state index contributed by atoms with van der Waals surface area (Å²) in [5.74, 6) is -1.98. The van der Waals surface area contributed by atoms with Crippen LogP contribution in [-0.2, 0) is 31.6 Å². The van der Waals surface area contributed by atoms with Gasteiger partial charge in [0, 0.05) is 38.6 Å². The van der Waals surface area contributed by atoms with Gasteiger partial charge in [-0.15, -0.1) is 13.2 Å². The number of likely N-dealkylation sites (tertiary alicyclic amines) is 1. The van der Waals surface area contributed by atoms with Gasteiger partial charge >= 0.3 is 12.3 Å². The van der Waals surface area contributed by atoms with E-state index in [4.69, 9.17) is 22.1 Å². The lowest BCUT2D eigenvalue weighted by Crippen LogP contribution is -2.48. The number of nitrogens with zero attached hydrogens (tertiary/aromatic N) is 5. The van der Waals surface area contributed by atoms with Gasteiger partial charge in [-0.25, -0.2) is 23.2 Å². The smallest absolute Gasteiger partial charge is 0.467 e. The molecular formula is C25H26ClF3N6O6S. The van der Waals surface area contributed by atoms with Crippen molar-refractivity contribution in [1.29, 1.82) is 0 Å². The largest absolute Gasteiger partial charge is 0.573 e. The summed E-state index contributed by atoms with van der Waals surface area (Å²) in [4.78, 5) is 37.3. The van der Waals surface area contributed by atoms with Crippen molar-refractivity contribution in [2.75, 3.05) is 42.7 Å². The van der Waals surface area contributed by atoms with Gasteiger partial charge in [-0.3, -0.25) is 9.10 Å². The maximum atomic E-state index is 13.6. The predicted molar refractivity (Wildman–Crippen MR) is 149 cm³/mol. The number of aromatic nitrogens is 2. The van der Waals surface area contributed by atoms with Crippen LogP contribution in [-0.4, -0.2) is 81.4 Å². The van der Waals surface area contributed by atoms with Gasteiger partial charge in [0.15, 0.2) is 0 Å². The number of fused-ring (bicyclic) bond motifs is 1. The summed E-state index contributed by atoms with van der Waals surface area (Å²) in [6, 6.07) is 2.59. The summed E-state index contributed by atoms with van der Waals surface area (Å²) in [7, 11) is 1.08. The average Bonchev–Trinajstić information content (AvgIpc) is 3.26. The highest BCUT2D eigenvalue weighted by Crippen LogP contribution is 2.35. The Morgan fingerprint density at radius 2 is 1.98 bits per heavy atom. The second kappa shape index (κ2) is 12.1. The van der Waals surface area contributed by atoms with Gasteiger partial charge in [0.05, 0.1) is 24.0 Å². The fourth-order valence-electron chi connectivity index (χ4n) is 4.80. The third kappa shape index (κ3) is 6.38. The van der Waals surface area contributed by atoms with Gasteiger partial charge in [0.25, 0.3) is 0 Å². The van der Waals surface area contributed by atoms with E-state index in [1.807, 2.05) is 0 Å². The Morgan fingerprint density at radius 3 is 2.57 bits per heavy atom. The number of anilines is 3. The number of methoxy groups -OCH3 is 1. The first-order chi connectivity index (χ1) is 19.7. The van der Waals surface area contributed by atoms with E-state index < -0.39 is 53.4 Å². The van der Waals surface area contributed by atoms with Crippen LogP contribution in [0.2, 0.25) is 5.02 Å². The number of carbonyl (C=O) groups is 2. The SMILES string of the molecule is COC(=O)[C@@H](Cc1cc2ccnc(N)c2cc1OC(F)(F)F)N1CC[C@H](N(c2cnc(N(C)C)c(Cl)c2)[SH](=O)=O)C1=O. The molecule has 1 aromatic carbocycles. The highest BCUT2D eigenvalue weighted by atomic mass is 35.5. The molecule has 0 radical (unpaired) electrons. The number of pyridine rings is 2. The molecule has 0 bridgehead atoms. The second-order valence-electron chi connectivity index (χ2n) is 9.48. The van der Waals surface area contributed by atoms with Crippen LogP contribution in [0.15, 0.2) is 36.7 Å². The molecule has 4 rings (SSSR count). The first kappa shape index (κ1) is 30.9. The second-order valence-corrected chi connectivity index (χ2v) is 10.8. The van der Waals surface area contributed by atoms with E-state index in [1.54, 1.807) is 19.0 Å². The van der Waals surface area contributed by atoms with Gasteiger partial charge in [-0.2, -0.15) is 0 Å². The summed E-state index contributed by atoms with van der Waals surface area (Å²) in [6.45, 7) is -0.0974. The Bertz CT molecular complexity index is 1600. The van der Waals surface area contributed by atoms with Gasteiger partial charge in [0.2, 0.25) is 16.8 Å². The van der Waals surface area contributed by atoms with E-state index >= 15 is 0 Å². The number of halogens is 4. The number of carbonyl (C=O) groups excluding carboxylic acids is 2. The quantitative estimate of drug-likeness (QED) is 0.267. The average molecular weight is 631 g/mol. The van der Waals surface area contributed by atoms with Crippen LogP contribution in [0.1, 0.15) is 12.0 Å². The zero-order valence-electron chi connectivity index (χ0n) is 22.5. The van der Waals surface area contributed by atoms with Gasteiger partial charge in [-0.05, 0) is 41.6 Å². The highest BCUT2D eigenvalue weighted by Gasteiger charge is 2.44. The van der Waals surface area contributed by atoms with Crippen molar-refractivity contribution in [2.45, 2.75) is 31.3 Å². The van der Waals surface area contributed by atoms with Crippen molar-refractivity contribution in [3.63, 3.8) is 0 Å². The lowest BCUT2D eigenvalue weighted by Gasteiger charge is -2.29. The third-order valence-corrected chi connectivity index (χ3v) is 7.78. The van der Waals surface area contributed by atoms with E-state index in [1.165, 1.54) is 30.6 Å². The maximum absolute atomic E-state index is 13.6. The van der Waals surface area contributed by atoms with Gasteiger partial charge in [0.1, 0.15) is 29.5 Å². The Labute approximate surface area is 244 Å². The molecule has 2 aromatic heterocycles. The molecule has 17 heteroatoms. The van der Waals surface area contributed by atoms with Crippen molar-refractivity contribution in [2.24, 2.45) is 0 Å². The first-order valence-electron chi connectivity index (χ1n) is 12.3. The van der Waals surface area contributed by atoms with Crippen molar-refractivity contribution < 1.29 is 40.7 Å². The Hall–Kier alpha value is -4.05. The van der Waals surface area contributed by atoms with Crippen molar-refractivity contribution in [3.05, 3.63) is 47.2 Å². The summed E-state index contributed by atoms with van der Waals surface area (Å²) in [6.07, 6.45) is -2.94. The third-order valence-electron chi connectivity index (χ3n) is 6.64. The van der Waals surface area contributed by atoms with Crippen molar-refractivity contribution >= 4 is 62.5 Å². The molecule has 12 nitrogen and oxygen atoms in total. The molecule has 0 saturated carbocycles. The van der Waals surface area contributed by atoms with Crippen molar-refractivity contribution in [1.82, 2.24) is 14.9 Å². The summed E-state index contributed by atoms with van der Waals surface area (Å²) >= 11 is 6.27. The molecule has 2 N–H and O–H groups in total. The number of ether oxygens (including phenoxy) is 2. The molecule has 0 spiro atoms. The molecule has 1 saturated heterocycles. The van der Waals surface area contributed by atoms with Gasteiger partial charge < -0.3 is 25.0 Å². The number of amides is 1. The minimum Gasteiger partial charge on any atom is -0.467 e. The first-order valence-corrected chi connectivity index (χ1v) is 13.8. The van der Waals surface area contributed by atoms with Crippen molar-refractivity contribution in [3.8, 4) is 5.75 Å². The maximum Gasteiger partial charge on any atom is 0.573 e. The fraction of sp³-hybridized carbons (Fsp3) is 0.360. The minimum absolute atomic E-state index is 0.0260. The highest BCUT2D eigenvalue weighted by molar-refractivity contribution is 7.74. The lowest BCUT2D eigenvalue weighted by atomic mass is 10.00. The number of hydrogen-bond donors (Lipinski definition) is 2. The van der Waals surface area contributed by atoms with E-state index in [2.05, 4.69) is 14.7 Å². The molecule has 3 heterocycles.